The highest BCUT2D eigenvalue weighted by Crippen LogP contribution is 2.49. The van der Waals surface area contributed by atoms with E-state index in [1.165, 1.54) is 0 Å². The maximum atomic E-state index is 13.1. The normalized spacial score (nSPS) is 23.1. The summed E-state index contributed by atoms with van der Waals surface area (Å²) in [5.41, 5.74) is 2.06. The molecule has 2 amide bonds. The van der Waals surface area contributed by atoms with Crippen molar-refractivity contribution in [2.75, 3.05) is 31.6 Å². The van der Waals surface area contributed by atoms with Gasteiger partial charge in [-0.25, -0.2) is 0 Å². The summed E-state index contributed by atoms with van der Waals surface area (Å²) in [5, 5.41) is 2.99. The number of nitrogens with zero attached hydrogens (tertiary/aromatic N) is 1. The van der Waals surface area contributed by atoms with Gasteiger partial charge in [-0.3, -0.25) is 9.59 Å². The van der Waals surface area contributed by atoms with E-state index >= 15 is 0 Å². The van der Waals surface area contributed by atoms with Crippen LogP contribution in [0.15, 0.2) is 18.2 Å². The maximum absolute atomic E-state index is 13.1. The van der Waals surface area contributed by atoms with Crippen LogP contribution in [0.25, 0.3) is 0 Å². The smallest absolute Gasteiger partial charge is 0.240 e. The van der Waals surface area contributed by atoms with Crippen LogP contribution in [0, 0.1) is 19.3 Å². The second kappa shape index (κ2) is 6.35. The third-order valence-electron chi connectivity index (χ3n) is 6.07. The molecule has 0 atom stereocenters. The highest BCUT2D eigenvalue weighted by molar-refractivity contribution is 6.13. The van der Waals surface area contributed by atoms with Gasteiger partial charge in [0.2, 0.25) is 11.8 Å². The van der Waals surface area contributed by atoms with E-state index < -0.39 is 11.2 Å². The molecule has 3 fully saturated rings. The Morgan fingerprint density at radius 2 is 1.69 bits per heavy atom. The molecule has 1 spiro atoms. The predicted octanol–water partition coefficient (Wildman–Crippen LogP) is 2.39. The Balaban J connectivity index is 1.42. The predicted molar refractivity (Wildman–Crippen MR) is 96.7 cm³/mol. The molecule has 140 valence electrons. The number of carbonyl (C=O) groups excluding carboxylic acids is 2. The highest BCUT2D eigenvalue weighted by atomic mass is 16.7. The molecule has 0 radical (unpaired) electrons. The van der Waals surface area contributed by atoms with Crippen molar-refractivity contribution in [2.45, 2.75) is 45.3 Å². The second-order valence-electron chi connectivity index (χ2n) is 7.68. The van der Waals surface area contributed by atoms with Crippen LogP contribution in [0.5, 0.6) is 0 Å². The van der Waals surface area contributed by atoms with Crippen LogP contribution < -0.4 is 5.32 Å². The first-order valence-electron chi connectivity index (χ1n) is 9.41. The van der Waals surface area contributed by atoms with Crippen LogP contribution in [0.4, 0.5) is 5.69 Å². The zero-order valence-corrected chi connectivity index (χ0v) is 15.5. The zero-order valence-electron chi connectivity index (χ0n) is 15.5. The van der Waals surface area contributed by atoms with Crippen molar-refractivity contribution in [1.29, 1.82) is 0 Å². The quantitative estimate of drug-likeness (QED) is 0.843. The number of aryl methyl sites for hydroxylation is 1. The molecule has 6 heteroatoms. The minimum absolute atomic E-state index is 0.0480. The SMILES string of the molecule is Cc1cccc(NC(=O)C2(C(=O)N3CCC4(CC3)OCCO4)CC2)c1C. The summed E-state index contributed by atoms with van der Waals surface area (Å²) >= 11 is 0. The van der Waals surface area contributed by atoms with Crippen LogP contribution in [0.3, 0.4) is 0 Å². The van der Waals surface area contributed by atoms with Crippen molar-refractivity contribution in [1.82, 2.24) is 4.90 Å². The van der Waals surface area contributed by atoms with Crippen molar-refractivity contribution in [3.8, 4) is 0 Å². The van der Waals surface area contributed by atoms with E-state index in [9.17, 15) is 9.59 Å². The molecule has 26 heavy (non-hydrogen) atoms. The number of ether oxygens (including phenoxy) is 2. The number of nitrogens with one attached hydrogen (secondary N) is 1. The Morgan fingerprint density at radius 3 is 2.31 bits per heavy atom. The molecule has 1 aromatic rings. The van der Waals surface area contributed by atoms with Crippen molar-refractivity contribution in [3.63, 3.8) is 0 Å². The van der Waals surface area contributed by atoms with E-state index in [4.69, 9.17) is 9.47 Å². The number of amides is 2. The largest absolute Gasteiger partial charge is 0.347 e. The highest BCUT2D eigenvalue weighted by Gasteiger charge is 2.58. The van der Waals surface area contributed by atoms with Gasteiger partial charge in [0, 0.05) is 31.6 Å². The molecule has 2 saturated heterocycles. The summed E-state index contributed by atoms with van der Waals surface area (Å²) < 4.78 is 11.4. The van der Waals surface area contributed by atoms with Crippen LogP contribution in [-0.2, 0) is 19.1 Å². The molecule has 0 bridgehead atoms. The summed E-state index contributed by atoms with van der Waals surface area (Å²) in [6, 6.07) is 5.82. The van der Waals surface area contributed by atoms with Crippen molar-refractivity contribution in [3.05, 3.63) is 29.3 Å². The van der Waals surface area contributed by atoms with Gasteiger partial charge in [0.15, 0.2) is 5.79 Å². The number of rotatable bonds is 3. The first-order valence-corrected chi connectivity index (χ1v) is 9.41. The third kappa shape index (κ3) is 2.91. The summed E-state index contributed by atoms with van der Waals surface area (Å²) in [6.45, 7) is 6.40. The van der Waals surface area contributed by atoms with E-state index in [1.807, 2.05) is 36.9 Å². The number of hydrogen-bond donors (Lipinski definition) is 1. The lowest BCUT2D eigenvalue weighted by molar-refractivity contribution is -0.188. The number of likely N-dealkylation sites (tertiary alicyclic amines) is 1. The van der Waals surface area contributed by atoms with E-state index in [0.29, 0.717) is 52.0 Å². The molecule has 1 N–H and O–H groups in total. The number of benzene rings is 1. The standard InChI is InChI=1S/C20H26N2O4/c1-14-4-3-5-16(15(14)2)21-17(23)19(6-7-19)18(24)22-10-8-20(9-11-22)25-12-13-26-20/h3-5H,6-13H2,1-2H3,(H,21,23). The lowest BCUT2D eigenvalue weighted by Crippen LogP contribution is -2.51. The van der Waals surface area contributed by atoms with Gasteiger partial charge in [-0.2, -0.15) is 0 Å². The number of hydrogen-bond acceptors (Lipinski definition) is 4. The summed E-state index contributed by atoms with van der Waals surface area (Å²) in [4.78, 5) is 27.8. The lowest BCUT2D eigenvalue weighted by Gasteiger charge is -2.38. The molecule has 1 aromatic carbocycles. The topological polar surface area (TPSA) is 67.9 Å². The van der Waals surface area contributed by atoms with Crippen LogP contribution in [-0.4, -0.2) is 48.8 Å². The van der Waals surface area contributed by atoms with E-state index in [1.54, 1.807) is 0 Å². The molecule has 1 aliphatic carbocycles. The molecule has 0 aromatic heterocycles. The summed E-state index contributed by atoms with van der Waals surface area (Å²) in [5.74, 6) is -0.730. The average molecular weight is 358 g/mol. The first-order chi connectivity index (χ1) is 12.5. The van der Waals surface area contributed by atoms with Crippen molar-refractivity contribution in [2.24, 2.45) is 5.41 Å². The molecule has 3 aliphatic rings. The molecule has 4 rings (SSSR count). The van der Waals surface area contributed by atoms with Crippen molar-refractivity contribution < 1.29 is 19.1 Å². The van der Waals surface area contributed by atoms with Gasteiger partial charge in [0.05, 0.1) is 13.2 Å². The van der Waals surface area contributed by atoms with Gasteiger partial charge in [-0.1, -0.05) is 12.1 Å². The van der Waals surface area contributed by atoms with Gasteiger partial charge in [0.1, 0.15) is 5.41 Å². The van der Waals surface area contributed by atoms with Gasteiger partial charge in [0.25, 0.3) is 0 Å². The van der Waals surface area contributed by atoms with Crippen molar-refractivity contribution >= 4 is 17.5 Å². The third-order valence-corrected chi connectivity index (χ3v) is 6.07. The Bertz CT molecular complexity index is 725. The van der Waals surface area contributed by atoms with E-state index in [-0.39, 0.29) is 11.8 Å². The molecule has 1 saturated carbocycles. The molecule has 0 unspecified atom stereocenters. The Labute approximate surface area is 153 Å². The molecule has 6 nitrogen and oxygen atoms in total. The lowest BCUT2D eigenvalue weighted by atomic mass is 9.98. The Morgan fingerprint density at radius 1 is 1.04 bits per heavy atom. The molecule has 2 heterocycles. The number of piperidine rings is 1. The minimum Gasteiger partial charge on any atom is -0.347 e. The number of anilines is 1. The van der Waals surface area contributed by atoms with Gasteiger partial charge in [-0.15, -0.1) is 0 Å². The van der Waals surface area contributed by atoms with Gasteiger partial charge < -0.3 is 19.7 Å². The Hall–Kier alpha value is -1.92. The maximum Gasteiger partial charge on any atom is 0.240 e. The molecular formula is C20H26N2O4. The summed E-state index contributed by atoms with van der Waals surface area (Å²) in [6.07, 6.45) is 2.59. The summed E-state index contributed by atoms with van der Waals surface area (Å²) in [7, 11) is 0. The number of carbonyl (C=O) groups is 2. The van der Waals surface area contributed by atoms with E-state index in [0.717, 1.165) is 16.8 Å². The first kappa shape index (κ1) is 17.5. The molecule has 2 aliphatic heterocycles. The van der Waals surface area contributed by atoms with Crippen LogP contribution >= 0.6 is 0 Å². The fraction of sp³-hybridized carbons (Fsp3) is 0.600. The van der Waals surface area contributed by atoms with Gasteiger partial charge >= 0.3 is 0 Å². The fourth-order valence-corrected chi connectivity index (χ4v) is 3.93. The monoisotopic (exact) mass is 358 g/mol. The average Bonchev–Trinajstić information content (AvgIpc) is 3.34. The molecular weight excluding hydrogens is 332 g/mol. The fourth-order valence-electron chi connectivity index (χ4n) is 3.93. The van der Waals surface area contributed by atoms with Crippen LogP contribution in [0.2, 0.25) is 0 Å². The van der Waals surface area contributed by atoms with E-state index in [2.05, 4.69) is 5.32 Å². The van der Waals surface area contributed by atoms with Gasteiger partial charge in [-0.05, 0) is 43.9 Å². The second-order valence-corrected chi connectivity index (χ2v) is 7.68. The van der Waals surface area contributed by atoms with Crippen LogP contribution in [0.1, 0.15) is 36.8 Å². The Kier molecular flexibility index (Phi) is 4.28. The zero-order chi connectivity index (χ0) is 18.4. The minimum atomic E-state index is -0.891.